The summed E-state index contributed by atoms with van der Waals surface area (Å²) in [5.74, 6) is -3.23. The van der Waals surface area contributed by atoms with E-state index in [1.54, 1.807) is 18.2 Å². The topological polar surface area (TPSA) is 120 Å². The summed E-state index contributed by atoms with van der Waals surface area (Å²) in [5.41, 5.74) is 0.459. The van der Waals surface area contributed by atoms with Crippen molar-refractivity contribution in [3.8, 4) is 0 Å². The van der Waals surface area contributed by atoms with Gasteiger partial charge in [0.2, 0.25) is 11.8 Å². The minimum Gasteiger partial charge on any atom is -0.388 e. The lowest BCUT2D eigenvalue weighted by atomic mass is 9.82. The Morgan fingerprint density at radius 1 is 1.37 bits per heavy atom. The van der Waals surface area contributed by atoms with Gasteiger partial charge in [0.15, 0.2) is 5.65 Å². The lowest BCUT2D eigenvalue weighted by molar-refractivity contribution is -0.131. The number of hydrogen-bond acceptors (Lipinski definition) is 6. The molecule has 2 fully saturated rings. The number of aliphatic hydroxyl groups is 1. The first-order chi connectivity index (χ1) is 16.6. The van der Waals surface area contributed by atoms with Crippen LogP contribution in [0.3, 0.4) is 0 Å². The number of nitrogens with one attached hydrogen (secondary N) is 2. The van der Waals surface area contributed by atoms with Crippen molar-refractivity contribution in [1.29, 1.82) is 0 Å². The van der Waals surface area contributed by atoms with Gasteiger partial charge in [-0.2, -0.15) is 0 Å². The number of aromatic nitrogens is 3. The Labute approximate surface area is 202 Å². The van der Waals surface area contributed by atoms with Gasteiger partial charge < -0.3 is 25.0 Å². The number of halogens is 2. The molecule has 2 aliphatic rings. The Hall–Kier alpha value is -2.92. The van der Waals surface area contributed by atoms with Gasteiger partial charge in [-0.15, -0.1) is 0 Å². The first kappa shape index (κ1) is 25.2. The smallest absolute Gasteiger partial charge is 0.255 e. The molecule has 2 aromatic heterocycles. The fraction of sp³-hybridized carbons (Fsp3) is 0.583. The quantitative estimate of drug-likeness (QED) is 0.511. The number of piperidine rings is 1. The highest BCUT2D eigenvalue weighted by Crippen LogP contribution is 2.38. The number of hydrogen-bond donors (Lipinski definition) is 3. The summed E-state index contributed by atoms with van der Waals surface area (Å²) in [5, 5.41) is 13.2. The molecule has 0 aromatic carbocycles. The third kappa shape index (κ3) is 5.67. The first-order valence-electron chi connectivity index (χ1n) is 11.8. The third-order valence-corrected chi connectivity index (χ3v) is 7.12. The number of carbonyl (C=O) groups excluding carboxylic acids is 2. The summed E-state index contributed by atoms with van der Waals surface area (Å²) in [6.45, 7) is 4.49. The van der Waals surface area contributed by atoms with Crippen LogP contribution in [0.25, 0.3) is 11.2 Å². The Morgan fingerprint density at radius 3 is 2.80 bits per heavy atom. The van der Waals surface area contributed by atoms with Crippen molar-refractivity contribution in [1.82, 2.24) is 25.2 Å². The standard InChI is InChI=1S/C24H31F2N5O4/c1-3-19(32)31-9-4-15(18(13-31)35-2)10-16-11-27-21-20(30-16)17(12-28-21)22(33)29-14-23(34)5-7-24(25,26)8-6-23/h3,11-12,15,18,34H,1,4-10,13-14H2,2H3,(H,27,28)(H,29,33)/t15-,18-/m0/s1. The maximum Gasteiger partial charge on any atom is 0.255 e. The van der Waals surface area contributed by atoms with Crippen LogP contribution >= 0.6 is 0 Å². The molecule has 9 nitrogen and oxygen atoms in total. The fourth-order valence-electron chi connectivity index (χ4n) is 4.86. The molecular formula is C24H31F2N5O4. The molecule has 1 saturated heterocycles. The lowest BCUT2D eigenvalue weighted by Crippen LogP contribution is -2.47. The number of nitrogens with zero attached hydrogens (tertiary/aromatic N) is 3. The third-order valence-electron chi connectivity index (χ3n) is 7.12. The molecule has 1 aliphatic carbocycles. The zero-order chi connectivity index (χ0) is 25.2. The number of ether oxygens (including phenoxy) is 1. The van der Waals surface area contributed by atoms with Gasteiger partial charge >= 0.3 is 0 Å². The second-order valence-corrected chi connectivity index (χ2v) is 9.54. The van der Waals surface area contributed by atoms with Crippen molar-refractivity contribution in [2.24, 2.45) is 5.92 Å². The highest BCUT2D eigenvalue weighted by atomic mass is 19.3. The van der Waals surface area contributed by atoms with E-state index in [0.29, 0.717) is 36.4 Å². The van der Waals surface area contributed by atoms with Crippen LogP contribution in [0.15, 0.2) is 25.0 Å². The maximum atomic E-state index is 13.4. The number of amides is 2. The van der Waals surface area contributed by atoms with Crippen LogP contribution in [0.4, 0.5) is 8.78 Å². The monoisotopic (exact) mass is 491 g/mol. The highest BCUT2D eigenvalue weighted by molar-refractivity contribution is 6.04. The molecule has 2 aromatic rings. The molecule has 190 valence electrons. The average Bonchev–Trinajstić information content (AvgIpc) is 3.28. The SMILES string of the molecule is C=CC(=O)N1CC[C@@H](Cc2cnc3[nH]cc(C(=O)NCC4(O)CCC(F)(F)CC4)c3n2)[C@@H](OC)C1. The molecule has 2 amide bonds. The number of alkyl halides is 2. The fourth-order valence-corrected chi connectivity index (χ4v) is 4.86. The highest BCUT2D eigenvalue weighted by Gasteiger charge is 2.42. The number of H-pyrrole nitrogens is 1. The zero-order valence-corrected chi connectivity index (χ0v) is 19.7. The number of fused-ring (bicyclic) bond motifs is 1. The van der Waals surface area contributed by atoms with E-state index in [9.17, 15) is 23.5 Å². The van der Waals surface area contributed by atoms with Crippen molar-refractivity contribution in [3.63, 3.8) is 0 Å². The molecule has 35 heavy (non-hydrogen) atoms. The summed E-state index contributed by atoms with van der Waals surface area (Å²) in [4.78, 5) is 38.5. The molecule has 3 N–H and O–H groups in total. The van der Waals surface area contributed by atoms with E-state index in [0.717, 1.165) is 6.42 Å². The van der Waals surface area contributed by atoms with E-state index in [4.69, 9.17) is 4.74 Å². The van der Waals surface area contributed by atoms with Crippen LogP contribution in [-0.4, -0.2) is 81.1 Å². The van der Waals surface area contributed by atoms with Gasteiger partial charge in [0.05, 0.1) is 29.2 Å². The molecule has 0 unspecified atom stereocenters. The Bertz CT molecular complexity index is 1090. The van der Waals surface area contributed by atoms with Gasteiger partial charge in [0, 0.05) is 45.8 Å². The maximum absolute atomic E-state index is 13.4. The molecule has 0 bridgehead atoms. The number of methoxy groups -OCH3 is 1. The van der Waals surface area contributed by atoms with Crippen LogP contribution in [0.5, 0.6) is 0 Å². The summed E-state index contributed by atoms with van der Waals surface area (Å²) in [7, 11) is 1.62. The largest absolute Gasteiger partial charge is 0.388 e. The minimum absolute atomic E-state index is 0.0734. The van der Waals surface area contributed by atoms with Crippen LogP contribution in [0, 0.1) is 5.92 Å². The van der Waals surface area contributed by atoms with Gasteiger partial charge in [0.25, 0.3) is 5.91 Å². The normalized spacial score (nSPS) is 23.7. The van der Waals surface area contributed by atoms with Crippen molar-refractivity contribution in [2.45, 2.75) is 56.2 Å². The van der Waals surface area contributed by atoms with E-state index in [1.807, 2.05) is 0 Å². The lowest BCUT2D eigenvalue weighted by Gasteiger charge is -2.37. The number of aromatic amines is 1. The van der Waals surface area contributed by atoms with E-state index in [1.165, 1.54) is 12.3 Å². The van der Waals surface area contributed by atoms with E-state index < -0.39 is 30.3 Å². The van der Waals surface area contributed by atoms with Crippen molar-refractivity contribution in [2.75, 3.05) is 26.7 Å². The zero-order valence-electron chi connectivity index (χ0n) is 19.7. The van der Waals surface area contributed by atoms with Gasteiger partial charge in [-0.05, 0) is 37.7 Å². The molecule has 3 heterocycles. The summed E-state index contributed by atoms with van der Waals surface area (Å²) in [6, 6.07) is 0. The van der Waals surface area contributed by atoms with Crippen molar-refractivity contribution < 1.29 is 28.2 Å². The predicted molar refractivity (Wildman–Crippen MR) is 124 cm³/mol. The van der Waals surface area contributed by atoms with Gasteiger partial charge in [-0.25, -0.2) is 18.7 Å². The van der Waals surface area contributed by atoms with Crippen LogP contribution in [0.2, 0.25) is 0 Å². The first-order valence-corrected chi connectivity index (χ1v) is 11.8. The Morgan fingerprint density at radius 2 is 2.11 bits per heavy atom. The van der Waals surface area contributed by atoms with Crippen LogP contribution in [0.1, 0.15) is 48.2 Å². The second kappa shape index (κ2) is 9.98. The van der Waals surface area contributed by atoms with Gasteiger partial charge in [0.1, 0.15) is 5.52 Å². The van der Waals surface area contributed by atoms with Crippen molar-refractivity contribution in [3.05, 3.63) is 36.3 Å². The molecule has 1 aliphatic heterocycles. The molecular weight excluding hydrogens is 460 g/mol. The summed E-state index contributed by atoms with van der Waals surface area (Å²) in [6.07, 6.45) is 4.64. The van der Waals surface area contributed by atoms with Crippen LogP contribution < -0.4 is 5.32 Å². The molecule has 2 atom stereocenters. The van der Waals surface area contributed by atoms with E-state index in [2.05, 4.69) is 26.8 Å². The minimum atomic E-state index is -2.77. The van der Waals surface area contributed by atoms with E-state index >= 15 is 0 Å². The van der Waals surface area contributed by atoms with Gasteiger partial charge in [-0.1, -0.05) is 6.58 Å². The molecule has 4 rings (SSSR count). The number of carbonyl (C=O) groups is 2. The number of rotatable bonds is 7. The van der Waals surface area contributed by atoms with Crippen molar-refractivity contribution >= 4 is 23.0 Å². The summed E-state index contributed by atoms with van der Waals surface area (Å²) >= 11 is 0. The molecule has 0 spiro atoms. The second-order valence-electron chi connectivity index (χ2n) is 9.54. The molecule has 0 radical (unpaired) electrons. The number of likely N-dealkylation sites (tertiary alicyclic amines) is 1. The van der Waals surface area contributed by atoms with Crippen LogP contribution in [-0.2, 0) is 16.0 Å². The Balaban J connectivity index is 1.42. The Kier molecular flexibility index (Phi) is 7.18. The van der Waals surface area contributed by atoms with Gasteiger partial charge in [-0.3, -0.25) is 9.59 Å². The molecule has 1 saturated carbocycles. The predicted octanol–water partition coefficient (Wildman–Crippen LogP) is 2.22. The average molecular weight is 492 g/mol. The van der Waals surface area contributed by atoms with E-state index in [-0.39, 0.29) is 42.9 Å². The molecule has 11 heteroatoms. The summed E-state index contributed by atoms with van der Waals surface area (Å²) < 4.78 is 32.5.